The number of allylic oxidation sites excluding steroid dienone is 1. The van der Waals surface area contributed by atoms with Gasteiger partial charge in [0.1, 0.15) is 0 Å². The Morgan fingerprint density at radius 1 is 1.07 bits per heavy atom. The quantitative estimate of drug-likeness (QED) is 0.396. The molecule has 0 amide bonds. The van der Waals surface area contributed by atoms with E-state index in [0.717, 1.165) is 6.92 Å². The summed E-state index contributed by atoms with van der Waals surface area (Å²) in [6, 6.07) is 0. The van der Waals surface area contributed by atoms with E-state index >= 15 is 0 Å². The molecular weight excluding hydrogens is 200 g/mol. The van der Waals surface area contributed by atoms with Crippen LogP contribution in [0.2, 0.25) is 0 Å². The van der Waals surface area contributed by atoms with Crippen molar-refractivity contribution in [2.75, 3.05) is 6.61 Å². The van der Waals surface area contributed by atoms with E-state index in [4.69, 9.17) is 0 Å². The third-order valence-electron chi connectivity index (χ3n) is 1.49. The molecule has 0 radical (unpaired) electrons. The minimum atomic E-state index is -0.663. The molecule has 0 aromatic carbocycles. The molecule has 0 rings (SSSR count). The lowest BCUT2D eigenvalue weighted by atomic mass is 10.2. The molecule has 0 atom stereocenters. The van der Waals surface area contributed by atoms with Crippen LogP contribution in [0.15, 0.2) is 11.3 Å². The number of ketones is 1. The van der Waals surface area contributed by atoms with Crippen LogP contribution in [0, 0.1) is 0 Å². The van der Waals surface area contributed by atoms with E-state index in [2.05, 4.69) is 9.47 Å². The van der Waals surface area contributed by atoms with E-state index in [1.165, 1.54) is 13.8 Å². The molecule has 0 aliphatic heterocycles. The molecule has 0 aliphatic carbocycles. The van der Waals surface area contributed by atoms with Crippen molar-refractivity contribution < 1.29 is 23.9 Å². The molecule has 0 aromatic heterocycles. The molecule has 0 saturated carbocycles. The second kappa shape index (κ2) is 5.95. The highest BCUT2D eigenvalue weighted by atomic mass is 16.5. The van der Waals surface area contributed by atoms with Crippen LogP contribution in [0.4, 0.5) is 0 Å². The molecule has 0 aromatic rings. The first-order valence-corrected chi connectivity index (χ1v) is 4.47. The van der Waals surface area contributed by atoms with Crippen molar-refractivity contribution in [3.8, 4) is 0 Å². The third kappa shape index (κ3) is 4.39. The topological polar surface area (TPSA) is 69.7 Å². The first-order chi connectivity index (χ1) is 6.90. The smallest absolute Gasteiger partial charge is 0.337 e. The molecule has 0 aliphatic rings. The van der Waals surface area contributed by atoms with Gasteiger partial charge in [0.05, 0.1) is 12.2 Å². The molecule has 0 unspecified atom stereocenters. The molecule has 84 valence electrons. The van der Waals surface area contributed by atoms with Gasteiger partial charge in [-0.2, -0.15) is 0 Å². The van der Waals surface area contributed by atoms with Gasteiger partial charge in [-0.25, -0.2) is 4.79 Å². The van der Waals surface area contributed by atoms with E-state index in [1.807, 2.05) is 0 Å². The molecular formula is C10H14O5. The van der Waals surface area contributed by atoms with Crippen molar-refractivity contribution in [3.63, 3.8) is 0 Å². The van der Waals surface area contributed by atoms with E-state index < -0.39 is 17.7 Å². The summed E-state index contributed by atoms with van der Waals surface area (Å²) < 4.78 is 9.31. The van der Waals surface area contributed by atoms with E-state index in [0.29, 0.717) is 0 Å². The largest absolute Gasteiger partial charge is 0.463 e. The average Bonchev–Trinajstić information content (AvgIpc) is 2.12. The monoisotopic (exact) mass is 214 g/mol. The SMILES string of the molecule is CCOC(=O)/C(C)=C(/OC(C)=O)C(C)=O. The molecule has 0 N–H and O–H groups in total. The molecule has 15 heavy (non-hydrogen) atoms. The normalized spacial score (nSPS) is 11.5. The Balaban J connectivity index is 4.99. The van der Waals surface area contributed by atoms with Gasteiger partial charge in [-0.1, -0.05) is 0 Å². The van der Waals surface area contributed by atoms with Gasteiger partial charge in [0.2, 0.25) is 0 Å². The Morgan fingerprint density at radius 2 is 1.60 bits per heavy atom. The van der Waals surface area contributed by atoms with Gasteiger partial charge < -0.3 is 9.47 Å². The highest BCUT2D eigenvalue weighted by Crippen LogP contribution is 2.09. The summed E-state index contributed by atoms with van der Waals surface area (Å²) in [4.78, 5) is 33.0. The van der Waals surface area contributed by atoms with Gasteiger partial charge in [0, 0.05) is 13.8 Å². The maximum absolute atomic E-state index is 11.2. The van der Waals surface area contributed by atoms with Crippen LogP contribution < -0.4 is 0 Å². The fraction of sp³-hybridized carbons (Fsp3) is 0.500. The van der Waals surface area contributed by atoms with Crippen molar-refractivity contribution in [2.45, 2.75) is 27.7 Å². The van der Waals surface area contributed by atoms with Gasteiger partial charge in [0.15, 0.2) is 11.5 Å². The number of hydrogen-bond donors (Lipinski definition) is 0. The van der Waals surface area contributed by atoms with Crippen molar-refractivity contribution in [2.24, 2.45) is 0 Å². The van der Waals surface area contributed by atoms with Gasteiger partial charge in [-0.05, 0) is 13.8 Å². The number of ether oxygens (including phenoxy) is 2. The van der Waals surface area contributed by atoms with Crippen LogP contribution in [-0.2, 0) is 23.9 Å². The third-order valence-corrected chi connectivity index (χ3v) is 1.49. The van der Waals surface area contributed by atoms with Gasteiger partial charge in [0.25, 0.3) is 0 Å². The second-order valence-corrected chi connectivity index (χ2v) is 2.82. The first-order valence-electron chi connectivity index (χ1n) is 4.47. The average molecular weight is 214 g/mol. The fourth-order valence-electron chi connectivity index (χ4n) is 0.888. The van der Waals surface area contributed by atoms with Crippen LogP contribution >= 0.6 is 0 Å². The number of carbonyl (C=O) groups is 3. The lowest BCUT2D eigenvalue weighted by molar-refractivity contribution is -0.142. The van der Waals surface area contributed by atoms with Crippen LogP contribution in [0.5, 0.6) is 0 Å². The summed E-state index contributed by atoms with van der Waals surface area (Å²) in [5.74, 6) is -2.07. The number of hydrogen-bond acceptors (Lipinski definition) is 5. The first kappa shape index (κ1) is 13.4. The molecule has 0 bridgehead atoms. The van der Waals surface area contributed by atoms with Crippen molar-refractivity contribution in [1.82, 2.24) is 0 Å². The molecule has 0 spiro atoms. The van der Waals surface area contributed by atoms with Crippen molar-refractivity contribution in [3.05, 3.63) is 11.3 Å². The van der Waals surface area contributed by atoms with Gasteiger partial charge >= 0.3 is 11.9 Å². The molecule has 0 saturated heterocycles. The Morgan fingerprint density at radius 3 is 1.93 bits per heavy atom. The van der Waals surface area contributed by atoms with E-state index in [1.54, 1.807) is 6.92 Å². The minimum Gasteiger partial charge on any atom is -0.463 e. The number of Topliss-reactive ketones (excluding diaryl/α,β-unsaturated/α-hetero) is 1. The zero-order valence-electron chi connectivity index (χ0n) is 9.25. The summed E-state index contributed by atoms with van der Waals surface area (Å²) >= 11 is 0. The highest BCUT2D eigenvalue weighted by molar-refractivity contribution is 6.02. The Kier molecular flexibility index (Phi) is 5.30. The zero-order chi connectivity index (χ0) is 12.0. The molecule has 5 heteroatoms. The van der Waals surface area contributed by atoms with Crippen LogP contribution in [0.1, 0.15) is 27.7 Å². The maximum atomic E-state index is 11.2. The summed E-state index contributed by atoms with van der Waals surface area (Å²) in [7, 11) is 0. The molecule has 0 fully saturated rings. The van der Waals surface area contributed by atoms with Gasteiger partial charge in [-0.3, -0.25) is 9.59 Å². The molecule has 5 nitrogen and oxygen atoms in total. The summed E-state index contributed by atoms with van der Waals surface area (Å²) in [6.07, 6.45) is 0. The number of esters is 2. The van der Waals surface area contributed by atoms with Crippen LogP contribution in [0.3, 0.4) is 0 Å². The highest BCUT2D eigenvalue weighted by Gasteiger charge is 2.18. The lowest BCUT2D eigenvalue weighted by Crippen LogP contribution is -2.15. The summed E-state index contributed by atoms with van der Waals surface area (Å²) in [5.41, 5.74) is -0.000417. The van der Waals surface area contributed by atoms with Crippen LogP contribution in [0.25, 0.3) is 0 Å². The summed E-state index contributed by atoms with van der Waals surface area (Å²) in [6.45, 7) is 5.58. The Hall–Kier alpha value is -1.65. The Labute approximate surface area is 88.0 Å². The van der Waals surface area contributed by atoms with Crippen molar-refractivity contribution >= 4 is 17.7 Å². The summed E-state index contributed by atoms with van der Waals surface area (Å²) in [5, 5.41) is 0. The van der Waals surface area contributed by atoms with Crippen molar-refractivity contribution in [1.29, 1.82) is 0 Å². The van der Waals surface area contributed by atoms with Gasteiger partial charge in [-0.15, -0.1) is 0 Å². The maximum Gasteiger partial charge on any atom is 0.337 e. The predicted octanol–water partition coefficient (Wildman–Crippen LogP) is 0.976. The lowest BCUT2D eigenvalue weighted by Gasteiger charge is -2.07. The number of rotatable bonds is 4. The Bertz CT molecular complexity index is 314. The second-order valence-electron chi connectivity index (χ2n) is 2.82. The van der Waals surface area contributed by atoms with Crippen LogP contribution in [-0.4, -0.2) is 24.3 Å². The van der Waals surface area contributed by atoms with E-state index in [9.17, 15) is 14.4 Å². The standard InChI is InChI=1S/C10H14O5/c1-5-14-10(13)6(2)9(7(3)11)15-8(4)12/h5H2,1-4H3/b9-6+. The minimum absolute atomic E-state index is 0.000417. The van der Waals surface area contributed by atoms with E-state index in [-0.39, 0.29) is 17.9 Å². The zero-order valence-corrected chi connectivity index (χ0v) is 9.25. The molecule has 0 heterocycles. The number of carbonyl (C=O) groups excluding carboxylic acids is 3. The predicted molar refractivity (Wildman–Crippen MR) is 51.8 cm³/mol. The fourth-order valence-corrected chi connectivity index (χ4v) is 0.888.